The third-order valence-electron chi connectivity index (χ3n) is 3.73. The molecule has 0 aliphatic carbocycles. The van der Waals surface area contributed by atoms with E-state index in [1.165, 1.54) is 10.4 Å². The quantitative estimate of drug-likeness (QED) is 0.784. The molecule has 1 heterocycles. The highest BCUT2D eigenvalue weighted by Crippen LogP contribution is 2.35. The van der Waals surface area contributed by atoms with Gasteiger partial charge in [-0.15, -0.1) is 11.3 Å². The maximum atomic E-state index is 10.6. The van der Waals surface area contributed by atoms with E-state index >= 15 is 0 Å². The van der Waals surface area contributed by atoms with Gasteiger partial charge in [-0.2, -0.15) is 0 Å². The number of hydrogen-bond acceptors (Lipinski definition) is 2. The van der Waals surface area contributed by atoms with Gasteiger partial charge in [-0.25, -0.2) is 0 Å². The van der Waals surface area contributed by atoms with Gasteiger partial charge in [0.15, 0.2) is 0 Å². The number of aliphatic hydroxyl groups is 1. The lowest BCUT2D eigenvalue weighted by Gasteiger charge is -2.20. The van der Waals surface area contributed by atoms with Crippen molar-refractivity contribution in [3.8, 4) is 0 Å². The molecule has 2 aromatic rings. The van der Waals surface area contributed by atoms with Crippen molar-refractivity contribution >= 4 is 11.3 Å². The zero-order chi connectivity index (χ0) is 15.8. The monoisotopic (exact) mass is 302 g/mol. The van der Waals surface area contributed by atoms with Crippen LogP contribution in [-0.4, -0.2) is 5.11 Å². The van der Waals surface area contributed by atoms with Gasteiger partial charge in [0, 0.05) is 9.75 Å². The van der Waals surface area contributed by atoms with Crippen LogP contribution in [0.2, 0.25) is 0 Å². The molecule has 1 aromatic heterocycles. The van der Waals surface area contributed by atoms with Crippen molar-refractivity contribution in [2.24, 2.45) is 0 Å². The number of thiophene rings is 1. The van der Waals surface area contributed by atoms with Crippen LogP contribution in [0.25, 0.3) is 0 Å². The summed E-state index contributed by atoms with van der Waals surface area (Å²) in [6, 6.07) is 12.5. The van der Waals surface area contributed by atoms with Crippen LogP contribution in [0, 0.1) is 0 Å². The molecule has 2 heteroatoms. The standard InChI is InChI=1S/C19H26OS/c1-18(2,3)14-9-7-13(8-10-14)17(20)15-11-12-16(21-15)19(4,5)6/h7-12,17,20H,1-6H3. The molecule has 1 N–H and O–H groups in total. The van der Waals surface area contributed by atoms with E-state index < -0.39 is 6.10 Å². The van der Waals surface area contributed by atoms with Crippen molar-refractivity contribution in [1.82, 2.24) is 0 Å². The zero-order valence-corrected chi connectivity index (χ0v) is 14.7. The molecule has 0 amide bonds. The second-order valence-corrected chi connectivity index (χ2v) is 8.84. The van der Waals surface area contributed by atoms with Crippen LogP contribution in [-0.2, 0) is 10.8 Å². The molecule has 0 aliphatic rings. The van der Waals surface area contributed by atoms with Gasteiger partial charge >= 0.3 is 0 Å². The van der Waals surface area contributed by atoms with E-state index in [2.05, 4.69) is 59.7 Å². The highest BCUT2D eigenvalue weighted by molar-refractivity contribution is 7.12. The summed E-state index contributed by atoms with van der Waals surface area (Å²) in [5, 5.41) is 10.6. The minimum Gasteiger partial charge on any atom is -0.383 e. The fourth-order valence-corrected chi connectivity index (χ4v) is 3.31. The SMILES string of the molecule is CC(C)(C)c1ccc(C(O)c2ccc(C(C)(C)C)s2)cc1. The molecule has 0 bridgehead atoms. The molecule has 0 spiro atoms. The van der Waals surface area contributed by atoms with E-state index in [1.54, 1.807) is 11.3 Å². The van der Waals surface area contributed by atoms with E-state index in [4.69, 9.17) is 0 Å². The molecule has 21 heavy (non-hydrogen) atoms. The first-order chi connectivity index (χ1) is 9.59. The van der Waals surface area contributed by atoms with Crippen molar-refractivity contribution in [2.75, 3.05) is 0 Å². The molecule has 0 saturated carbocycles. The third kappa shape index (κ3) is 3.75. The lowest BCUT2D eigenvalue weighted by atomic mass is 9.86. The highest BCUT2D eigenvalue weighted by atomic mass is 32.1. The highest BCUT2D eigenvalue weighted by Gasteiger charge is 2.20. The zero-order valence-electron chi connectivity index (χ0n) is 13.9. The number of aliphatic hydroxyl groups excluding tert-OH is 1. The Kier molecular flexibility index (Phi) is 4.32. The summed E-state index contributed by atoms with van der Waals surface area (Å²) < 4.78 is 0. The van der Waals surface area contributed by atoms with Crippen molar-refractivity contribution < 1.29 is 5.11 Å². The van der Waals surface area contributed by atoms with Crippen LogP contribution in [0.5, 0.6) is 0 Å². The lowest BCUT2D eigenvalue weighted by molar-refractivity contribution is 0.224. The predicted octanol–water partition coefficient (Wildman–Crippen LogP) is 5.42. The van der Waals surface area contributed by atoms with Gasteiger partial charge < -0.3 is 5.11 Å². The third-order valence-corrected chi connectivity index (χ3v) is 5.29. The summed E-state index contributed by atoms with van der Waals surface area (Å²) >= 11 is 1.70. The lowest BCUT2D eigenvalue weighted by Crippen LogP contribution is -2.11. The molecule has 2 rings (SSSR count). The minimum atomic E-state index is -0.528. The molecule has 0 saturated heterocycles. The van der Waals surface area contributed by atoms with Crippen LogP contribution in [0.15, 0.2) is 36.4 Å². The summed E-state index contributed by atoms with van der Waals surface area (Å²) in [4.78, 5) is 2.33. The minimum absolute atomic E-state index is 0.138. The Hall–Kier alpha value is -1.12. The maximum absolute atomic E-state index is 10.6. The molecular weight excluding hydrogens is 276 g/mol. The molecule has 0 fully saturated rings. The topological polar surface area (TPSA) is 20.2 Å². The van der Waals surface area contributed by atoms with Crippen molar-refractivity contribution in [2.45, 2.75) is 58.5 Å². The van der Waals surface area contributed by atoms with Gasteiger partial charge in [0.1, 0.15) is 6.10 Å². The average molecular weight is 302 g/mol. The van der Waals surface area contributed by atoms with Gasteiger partial charge in [-0.05, 0) is 34.1 Å². The van der Waals surface area contributed by atoms with Gasteiger partial charge in [-0.3, -0.25) is 0 Å². The van der Waals surface area contributed by atoms with E-state index in [9.17, 15) is 5.11 Å². The van der Waals surface area contributed by atoms with Crippen molar-refractivity contribution in [3.63, 3.8) is 0 Å². The summed E-state index contributed by atoms with van der Waals surface area (Å²) in [6.45, 7) is 13.2. The van der Waals surface area contributed by atoms with Crippen LogP contribution >= 0.6 is 11.3 Å². The molecule has 1 atom stereocenters. The summed E-state index contributed by atoms with van der Waals surface area (Å²) in [5.41, 5.74) is 2.54. The number of benzene rings is 1. The Morgan fingerprint density at radius 2 is 1.38 bits per heavy atom. The molecule has 1 unspecified atom stereocenters. The molecule has 114 valence electrons. The van der Waals surface area contributed by atoms with Crippen LogP contribution in [0.3, 0.4) is 0 Å². The van der Waals surface area contributed by atoms with Crippen molar-refractivity contribution in [3.05, 3.63) is 57.3 Å². The Morgan fingerprint density at radius 3 is 1.81 bits per heavy atom. The second-order valence-electron chi connectivity index (χ2n) is 7.73. The number of rotatable bonds is 2. The second kappa shape index (κ2) is 5.58. The average Bonchev–Trinajstić information content (AvgIpc) is 2.86. The first-order valence-corrected chi connectivity index (χ1v) is 8.29. The fraction of sp³-hybridized carbons (Fsp3) is 0.474. The summed E-state index contributed by atoms with van der Waals surface area (Å²) in [6.07, 6.45) is -0.528. The normalized spacial score (nSPS) is 14.2. The Bertz CT molecular complexity index is 594. The first-order valence-electron chi connectivity index (χ1n) is 7.48. The van der Waals surface area contributed by atoms with E-state index in [0.29, 0.717) is 0 Å². The van der Waals surface area contributed by atoms with Gasteiger partial charge in [0.25, 0.3) is 0 Å². The van der Waals surface area contributed by atoms with Crippen LogP contribution in [0.1, 0.15) is 68.5 Å². The van der Waals surface area contributed by atoms with Crippen LogP contribution < -0.4 is 0 Å². The number of hydrogen-bond donors (Lipinski definition) is 1. The fourth-order valence-electron chi connectivity index (χ4n) is 2.23. The predicted molar refractivity (Wildman–Crippen MR) is 92.2 cm³/mol. The van der Waals surface area contributed by atoms with Gasteiger partial charge in [-0.1, -0.05) is 65.8 Å². The Morgan fingerprint density at radius 1 is 0.810 bits per heavy atom. The smallest absolute Gasteiger partial charge is 0.113 e. The molecule has 1 aromatic carbocycles. The molecule has 0 aliphatic heterocycles. The Balaban J connectivity index is 2.24. The maximum Gasteiger partial charge on any atom is 0.113 e. The first kappa shape index (κ1) is 16.3. The van der Waals surface area contributed by atoms with E-state index in [-0.39, 0.29) is 10.8 Å². The summed E-state index contributed by atoms with van der Waals surface area (Å²) in [5.74, 6) is 0. The largest absolute Gasteiger partial charge is 0.383 e. The van der Waals surface area contributed by atoms with E-state index in [0.717, 1.165) is 10.4 Å². The van der Waals surface area contributed by atoms with E-state index in [1.807, 2.05) is 18.2 Å². The van der Waals surface area contributed by atoms with Gasteiger partial charge in [0.05, 0.1) is 0 Å². The molecule has 0 radical (unpaired) electrons. The molecular formula is C19H26OS. The summed E-state index contributed by atoms with van der Waals surface area (Å²) in [7, 11) is 0. The van der Waals surface area contributed by atoms with Gasteiger partial charge in [0.2, 0.25) is 0 Å². The van der Waals surface area contributed by atoms with Crippen LogP contribution in [0.4, 0.5) is 0 Å². The Labute approximate surface area is 132 Å². The molecule has 1 nitrogen and oxygen atoms in total. The van der Waals surface area contributed by atoms with Crippen molar-refractivity contribution in [1.29, 1.82) is 0 Å².